The molecular weight excluding hydrogens is 354 g/mol. The lowest BCUT2D eigenvalue weighted by atomic mass is 10.0. The van der Waals surface area contributed by atoms with Crippen LogP contribution in [0.4, 0.5) is 11.5 Å². The van der Waals surface area contributed by atoms with E-state index in [9.17, 15) is 9.90 Å². The largest absolute Gasteiger partial charge is 0.466 e. The monoisotopic (exact) mass is 371 g/mol. The van der Waals surface area contributed by atoms with Crippen molar-refractivity contribution in [1.29, 1.82) is 0 Å². The lowest BCUT2D eigenvalue weighted by Gasteiger charge is -2.21. The molecule has 0 saturated carbocycles. The molecule has 0 bridgehead atoms. The Bertz CT molecular complexity index is 877. The lowest BCUT2D eigenvalue weighted by molar-refractivity contribution is 0.0476. The van der Waals surface area contributed by atoms with Crippen molar-refractivity contribution in [3.05, 3.63) is 77.3 Å². The number of pyridine rings is 1. The average Bonchev–Trinajstić information content (AvgIpc) is 3.16. The minimum atomic E-state index is -1.17. The van der Waals surface area contributed by atoms with E-state index in [1.165, 1.54) is 12.5 Å². The van der Waals surface area contributed by atoms with Crippen LogP contribution in [-0.2, 0) is 5.60 Å². The molecule has 1 atom stereocenters. The number of carbonyl (C=O) groups is 1. The Labute approximate surface area is 155 Å². The van der Waals surface area contributed by atoms with Gasteiger partial charge in [0, 0.05) is 16.9 Å². The number of aromatic nitrogens is 1. The summed E-state index contributed by atoms with van der Waals surface area (Å²) in [7, 11) is 0. The highest BCUT2D eigenvalue weighted by molar-refractivity contribution is 6.30. The minimum absolute atomic E-state index is 0.210. The third-order valence-electron chi connectivity index (χ3n) is 3.77. The quantitative estimate of drug-likeness (QED) is 0.611. The summed E-state index contributed by atoms with van der Waals surface area (Å²) in [5, 5.41) is 16.7. The summed E-state index contributed by atoms with van der Waals surface area (Å²) < 4.78 is 5.23. The molecule has 134 valence electrons. The second-order valence-electron chi connectivity index (χ2n) is 6.00. The predicted molar refractivity (Wildman–Crippen MR) is 100 cm³/mol. The van der Waals surface area contributed by atoms with Gasteiger partial charge in [-0.25, -0.2) is 4.98 Å². The Morgan fingerprint density at radius 3 is 2.77 bits per heavy atom. The fourth-order valence-corrected chi connectivity index (χ4v) is 2.53. The van der Waals surface area contributed by atoms with Crippen LogP contribution in [0.3, 0.4) is 0 Å². The summed E-state index contributed by atoms with van der Waals surface area (Å²) in [6.07, 6.45) is 2.97. The number of carbonyl (C=O) groups excluding carboxylic acids is 1. The molecule has 0 radical (unpaired) electrons. The van der Waals surface area contributed by atoms with E-state index in [0.29, 0.717) is 27.9 Å². The zero-order valence-corrected chi connectivity index (χ0v) is 14.8. The first-order valence-electron chi connectivity index (χ1n) is 7.97. The van der Waals surface area contributed by atoms with Crippen molar-refractivity contribution >= 4 is 29.0 Å². The normalized spacial score (nSPS) is 13.0. The summed E-state index contributed by atoms with van der Waals surface area (Å²) in [4.78, 5) is 16.4. The molecule has 26 heavy (non-hydrogen) atoms. The van der Waals surface area contributed by atoms with Crippen molar-refractivity contribution < 1.29 is 14.3 Å². The number of halogens is 1. The minimum Gasteiger partial charge on any atom is -0.466 e. The number of amides is 1. The summed E-state index contributed by atoms with van der Waals surface area (Å²) >= 11 is 5.90. The van der Waals surface area contributed by atoms with Crippen LogP contribution in [0.25, 0.3) is 0 Å². The molecular formula is C19H18ClN3O3. The third-order valence-corrected chi connectivity index (χ3v) is 4.01. The van der Waals surface area contributed by atoms with Crippen LogP contribution in [0.5, 0.6) is 0 Å². The Balaban J connectivity index is 1.60. The third kappa shape index (κ3) is 4.41. The fraction of sp³-hybridized carbons (Fsp3) is 0.158. The fourth-order valence-electron chi connectivity index (χ4n) is 2.34. The molecule has 2 heterocycles. The Hall–Kier alpha value is -2.83. The van der Waals surface area contributed by atoms with Crippen LogP contribution in [-0.4, -0.2) is 22.5 Å². The highest BCUT2D eigenvalue weighted by Crippen LogP contribution is 2.21. The number of nitrogens with one attached hydrogen (secondary N) is 2. The average molecular weight is 372 g/mol. The first kappa shape index (κ1) is 18.0. The van der Waals surface area contributed by atoms with Gasteiger partial charge in [0.25, 0.3) is 5.91 Å². The number of aliphatic hydroxyl groups is 1. The van der Waals surface area contributed by atoms with Crippen molar-refractivity contribution in [3.63, 3.8) is 0 Å². The number of anilines is 2. The zero-order valence-electron chi connectivity index (χ0n) is 14.1. The van der Waals surface area contributed by atoms with Gasteiger partial charge in [-0.05, 0) is 49.4 Å². The summed E-state index contributed by atoms with van der Waals surface area (Å²) in [6.45, 7) is 1.85. The van der Waals surface area contributed by atoms with Crippen molar-refractivity contribution in [1.82, 2.24) is 4.98 Å². The molecule has 0 spiro atoms. The van der Waals surface area contributed by atoms with Gasteiger partial charge in [-0.2, -0.15) is 0 Å². The zero-order chi connectivity index (χ0) is 18.6. The molecule has 1 unspecified atom stereocenters. The van der Waals surface area contributed by atoms with Crippen LogP contribution in [0, 0.1) is 0 Å². The molecule has 0 aliphatic heterocycles. The van der Waals surface area contributed by atoms with Gasteiger partial charge in [0.15, 0.2) is 0 Å². The van der Waals surface area contributed by atoms with Gasteiger partial charge in [0.1, 0.15) is 17.2 Å². The van der Waals surface area contributed by atoms with Crippen LogP contribution >= 0.6 is 11.6 Å². The van der Waals surface area contributed by atoms with Gasteiger partial charge in [-0.15, -0.1) is 0 Å². The number of furan rings is 1. The van der Waals surface area contributed by atoms with Crippen molar-refractivity contribution in [2.45, 2.75) is 12.5 Å². The Morgan fingerprint density at radius 2 is 2.12 bits per heavy atom. The predicted octanol–water partition coefficient (Wildman–Crippen LogP) is 3.90. The van der Waals surface area contributed by atoms with Gasteiger partial charge in [0.2, 0.25) is 0 Å². The van der Waals surface area contributed by atoms with Gasteiger partial charge in [-0.3, -0.25) is 4.79 Å². The Kier molecular flexibility index (Phi) is 5.25. The molecule has 3 N–H and O–H groups in total. The molecule has 1 amide bonds. The van der Waals surface area contributed by atoms with E-state index < -0.39 is 5.60 Å². The van der Waals surface area contributed by atoms with E-state index >= 15 is 0 Å². The SMILES string of the molecule is CC(O)(CNc1ccc(C(=O)Nc2cccc(Cl)c2)cn1)c1ccco1. The van der Waals surface area contributed by atoms with E-state index in [4.69, 9.17) is 16.0 Å². The van der Waals surface area contributed by atoms with E-state index in [1.807, 2.05) is 0 Å². The Morgan fingerprint density at radius 1 is 1.27 bits per heavy atom. The van der Waals surface area contributed by atoms with Crippen LogP contribution in [0.15, 0.2) is 65.4 Å². The van der Waals surface area contributed by atoms with E-state index in [1.54, 1.807) is 55.5 Å². The standard InChI is InChI=1S/C19H18ClN3O3/c1-19(25,16-6-3-9-26-16)12-22-17-8-7-13(11-21-17)18(24)23-15-5-2-4-14(20)10-15/h2-11,25H,12H2,1H3,(H,21,22)(H,23,24). The summed E-state index contributed by atoms with van der Waals surface area (Å²) in [5.74, 6) is 0.715. The summed E-state index contributed by atoms with van der Waals surface area (Å²) in [6, 6.07) is 13.7. The molecule has 1 aromatic carbocycles. The highest BCUT2D eigenvalue weighted by Gasteiger charge is 2.26. The number of benzene rings is 1. The molecule has 3 aromatic rings. The van der Waals surface area contributed by atoms with Crippen LogP contribution in [0.1, 0.15) is 23.0 Å². The molecule has 0 aliphatic carbocycles. The number of rotatable bonds is 6. The van der Waals surface area contributed by atoms with E-state index in [0.717, 1.165) is 0 Å². The topological polar surface area (TPSA) is 87.4 Å². The molecule has 0 saturated heterocycles. The lowest BCUT2D eigenvalue weighted by Crippen LogP contribution is -2.30. The molecule has 2 aromatic heterocycles. The van der Waals surface area contributed by atoms with Gasteiger partial charge in [-0.1, -0.05) is 17.7 Å². The maximum Gasteiger partial charge on any atom is 0.257 e. The molecule has 3 rings (SSSR count). The van der Waals surface area contributed by atoms with Crippen molar-refractivity contribution in [2.24, 2.45) is 0 Å². The molecule has 7 heteroatoms. The number of hydrogen-bond acceptors (Lipinski definition) is 5. The smallest absolute Gasteiger partial charge is 0.257 e. The first-order chi connectivity index (χ1) is 12.4. The first-order valence-corrected chi connectivity index (χ1v) is 8.35. The summed E-state index contributed by atoms with van der Waals surface area (Å²) in [5.41, 5.74) is -0.152. The number of nitrogens with zero attached hydrogens (tertiary/aromatic N) is 1. The molecule has 6 nitrogen and oxygen atoms in total. The number of hydrogen-bond donors (Lipinski definition) is 3. The van der Waals surface area contributed by atoms with Gasteiger partial charge >= 0.3 is 0 Å². The van der Waals surface area contributed by atoms with Crippen LogP contribution in [0.2, 0.25) is 5.02 Å². The maximum atomic E-state index is 12.2. The van der Waals surface area contributed by atoms with Crippen LogP contribution < -0.4 is 10.6 Å². The van der Waals surface area contributed by atoms with E-state index in [-0.39, 0.29) is 12.5 Å². The van der Waals surface area contributed by atoms with Crippen molar-refractivity contribution in [2.75, 3.05) is 17.2 Å². The second kappa shape index (κ2) is 7.59. The van der Waals surface area contributed by atoms with Crippen molar-refractivity contribution in [3.8, 4) is 0 Å². The molecule has 0 fully saturated rings. The highest BCUT2D eigenvalue weighted by atomic mass is 35.5. The van der Waals surface area contributed by atoms with E-state index in [2.05, 4.69) is 15.6 Å². The van der Waals surface area contributed by atoms with Gasteiger partial charge < -0.3 is 20.2 Å². The maximum absolute atomic E-state index is 12.2. The molecule has 0 aliphatic rings. The van der Waals surface area contributed by atoms with Gasteiger partial charge in [0.05, 0.1) is 18.4 Å². The second-order valence-corrected chi connectivity index (χ2v) is 6.44.